The van der Waals surface area contributed by atoms with E-state index in [2.05, 4.69) is 43.6 Å². The van der Waals surface area contributed by atoms with E-state index in [1.807, 2.05) is 36.4 Å². The first-order chi connectivity index (χ1) is 14.5. The van der Waals surface area contributed by atoms with Crippen molar-refractivity contribution in [2.45, 2.75) is 32.5 Å². The Morgan fingerprint density at radius 2 is 1.73 bits per heavy atom. The van der Waals surface area contributed by atoms with Crippen molar-refractivity contribution in [3.63, 3.8) is 0 Å². The molecular formula is C23H28BrN3O3. The number of nitrogens with zero attached hydrogens (tertiary/aromatic N) is 1. The molecule has 160 valence electrons. The molecule has 0 aromatic heterocycles. The van der Waals surface area contributed by atoms with Gasteiger partial charge in [0.2, 0.25) is 11.8 Å². The third kappa shape index (κ3) is 6.93. The molecule has 0 radical (unpaired) electrons. The first-order valence-corrected chi connectivity index (χ1v) is 11.0. The highest BCUT2D eigenvalue weighted by atomic mass is 79.9. The second-order valence-electron chi connectivity index (χ2n) is 7.44. The van der Waals surface area contributed by atoms with E-state index in [9.17, 15) is 9.59 Å². The Morgan fingerprint density at radius 3 is 2.40 bits per heavy atom. The quantitative estimate of drug-likeness (QED) is 0.617. The van der Waals surface area contributed by atoms with Crippen LogP contribution in [0, 0.1) is 0 Å². The van der Waals surface area contributed by atoms with Gasteiger partial charge in [0.1, 0.15) is 0 Å². The zero-order valence-corrected chi connectivity index (χ0v) is 18.8. The van der Waals surface area contributed by atoms with Crippen LogP contribution in [0.3, 0.4) is 0 Å². The molecule has 0 saturated carbocycles. The number of ether oxygens (including phenoxy) is 1. The first kappa shape index (κ1) is 22.5. The monoisotopic (exact) mass is 473 g/mol. The van der Waals surface area contributed by atoms with E-state index in [1.54, 1.807) is 0 Å². The summed E-state index contributed by atoms with van der Waals surface area (Å²) in [6.07, 6.45) is 0.187. The van der Waals surface area contributed by atoms with E-state index >= 15 is 0 Å². The van der Waals surface area contributed by atoms with Crippen LogP contribution >= 0.6 is 15.9 Å². The number of carbonyl (C=O) groups excluding carboxylic acids is 2. The number of nitrogens with one attached hydrogen (secondary N) is 2. The predicted molar refractivity (Wildman–Crippen MR) is 120 cm³/mol. The SMILES string of the molecule is CC(=O)NC(CC(=O)NCc1ccccc1CN1CCOCC1)c1ccc(Br)cc1. The van der Waals surface area contributed by atoms with Crippen molar-refractivity contribution in [1.29, 1.82) is 0 Å². The largest absolute Gasteiger partial charge is 0.379 e. The van der Waals surface area contributed by atoms with Crippen LogP contribution in [0.15, 0.2) is 53.0 Å². The highest BCUT2D eigenvalue weighted by molar-refractivity contribution is 9.10. The summed E-state index contributed by atoms with van der Waals surface area (Å²) >= 11 is 3.41. The number of hydrogen-bond acceptors (Lipinski definition) is 4. The van der Waals surface area contributed by atoms with Crippen LogP contribution in [-0.2, 0) is 27.4 Å². The summed E-state index contributed by atoms with van der Waals surface area (Å²) < 4.78 is 6.38. The van der Waals surface area contributed by atoms with Gasteiger partial charge in [0.15, 0.2) is 0 Å². The van der Waals surface area contributed by atoms with Gasteiger partial charge in [0, 0.05) is 37.6 Å². The fourth-order valence-corrected chi connectivity index (χ4v) is 3.79. The second kappa shape index (κ2) is 11.2. The van der Waals surface area contributed by atoms with Crippen LogP contribution in [0.1, 0.15) is 36.1 Å². The molecule has 1 heterocycles. The molecule has 0 spiro atoms. The molecule has 2 N–H and O–H groups in total. The number of morpholine rings is 1. The third-order valence-corrected chi connectivity index (χ3v) is 5.66. The number of amides is 2. The van der Waals surface area contributed by atoms with Gasteiger partial charge in [0.25, 0.3) is 0 Å². The highest BCUT2D eigenvalue weighted by Crippen LogP contribution is 2.20. The Hall–Kier alpha value is -2.22. The summed E-state index contributed by atoms with van der Waals surface area (Å²) in [5.41, 5.74) is 3.22. The third-order valence-electron chi connectivity index (χ3n) is 5.13. The van der Waals surface area contributed by atoms with Crippen molar-refractivity contribution in [3.8, 4) is 0 Å². The molecule has 1 aliphatic rings. The summed E-state index contributed by atoms with van der Waals surface area (Å²) in [6, 6.07) is 15.5. The Kier molecular flexibility index (Phi) is 8.42. The van der Waals surface area contributed by atoms with Crippen LogP contribution in [-0.4, -0.2) is 43.0 Å². The molecule has 3 rings (SSSR count). The molecule has 1 aliphatic heterocycles. The summed E-state index contributed by atoms with van der Waals surface area (Å²) in [5, 5.41) is 5.90. The van der Waals surface area contributed by atoms with E-state index in [1.165, 1.54) is 12.5 Å². The second-order valence-corrected chi connectivity index (χ2v) is 8.36. The molecule has 1 fully saturated rings. The minimum absolute atomic E-state index is 0.0992. The van der Waals surface area contributed by atoms with Crippen molar-refractivity contribution >= 4 is 27.7 Å². The number of rotatable bonds is 8. The van der Waals surface area contributed by atoms with Crippen molar-refractivity contribution < 1.29 is 14.3 Å². The Balaban J connectivity index is 1.60. The lowest BCUT2D eigenvalue weighted by atomic mass is 10.0. The molecular weight excluding hydrogens is 446 g/mol. The topological polar surface area (TPSA) is 70.7 Å². The first-order valence-electron chi connectivity index (χ1n) is 10.2. The molecule has 0 aliphatic carbocycles. The number of halogens is 1. The van der Waals surface area contributed by atoms with Crippen molar-refractivity contribution in [2.24, 2.45) is 0 Å². The van der Waals surface area contributed by atoms with Gasteiger partial charge in [-0.05, 0) is 28.8 Å². The number of carbonyl (C=O) groups is 2. The molecule has 1 unspecified atom stereocenters. The maximum absolute atomic E-state index is 12.7. The average molecular weight is 474 g/mol. The molecule has 30 heavy (non-hydrogen) atoms. The molecule has 6 nitrogen and oxygen atoms in total. The zero-order chi connectivity index (χ0) is 21.3. The molecule has 2 amide bonds. The maximum Gasteiger partial charge on any atom is 0.222 e. The molecule has 1 saturated heterocycles. The fraction of sp³-hybridized carbons (Fsp3) is 0.391. The summed E-state index contributed by atoms with van der Waals surface area (Å²) in [4.78, 5) is 26.6. The highest BCUT2D eigenvalue weighted by Gasteiger charge is 2.18. The van der Waals surface area contributed by atoms with Gasteiger partial charge in [-0.15, -0.1) is 0 Å². The molecule has 2 aromatic rings. The van der Waals surface area contributed by atoms with Crippen molar-refractivity contribution in [1.82, 2.24) is 15.5 Å². The average Bonchev–Trinajstić information content (AvgIpc) is 2.74. The van der Waals surface area contributed by atoms with Gasteiger partial charge in [-0.2, -0.15) is 0 Å². The summed E-state index contributed by atoms with van der Waals surface area (Å²) in [7, 11) is 0. The van der Waals surface area contributed by atoms with E-state index in [0.29, 0.717) is 6.54 Å². The Labute approximate surface area is 186 Å². The summed E-state index contributed by atoms with van der Waals surface area (Å²) in [6.45, 7) is 6.15. The zero-order valence-electron chi connectivity index (χ0n) is 17.2. The number of hydrogen-bond donors (Lipinski definition) is 2. The molecule has 0 bridgehead atoms. The minimum atomic E-state index is -0.362. The molecule has 1 atom stereocenters. The Morgan fingerprint density at radius 1 is 1.07 bits per heavy atom. The van der Waals surface area contributed by atoms with Gasteiger partial charge >= 0.3 is 0 Å². The van der Waals surface area contributed by atoms with Gasteiger partial charge in [-0.1, -0.05) is 52.3 Å². The van der Waals surface area contributed by atoms with Gasteiger partial charge in [-0.3, -0.25) is 14.5 Å². The lowest BCUT2D eigenvalue weighted by Gasteiger charge is -2.27. The van der Waals surface area contributed by atoms with Crippen LogP contribution in [0.5, 0.6) is 0 Å². The molecule has 2 aromatic carbocycles. The maximum atomic E-state index is 12.7. The van der Waals surface area contributed by atoms with Gasteiger partial charge < -0.3 is 15.4 Å². The van der Waals surface area contributed by atoms with E-state index in [-0.39, 0.29) is 24.3 Å². The number of benzene rings is 2. The van der Waals surface area contributed by atoms with Gasteiger partial charge in [-0.25, -0.2) is 0 Å². The van der Waals surface area contributed by atoms with Crippen molar-refractivity contribution in [3.05, 3.63) is 69.7 Å². The van der Waals surface area contributed by atoms with E-state index in [0.717, 1.165) is 48.4 Å². The summed E-state index contributed by atoms with van der Waals surface area (Å²) in [5.74, 6) is -0.260. The Bertz CT molecular complexity index is 851. The lowest BCUT2D eigenvalue weighted by molar-refractivity contribution is -0.122. The molecule has 7 heteroatoms. The lowest BCUT2D eigenvalue weighted by Crippen LogP contribution is -2.36. The fourth-order valence-electron chi connectivity index (χ4n) is 3.53. The van der Waals surface area contributed by atoms with E-state index in [4.69, 9.17) is 4.74 Å². The predicted octanol–water partition coefficient (Wildman–Crippen LogP) is 3.17. The van der Waals surface area contributed by atoms with E-state index < -0.39 is 0 Å². The van der Waals surface area contributed by atoms with Crippen LogP contribution < -0.4 is 10.6 Å². The smallest absolute Gasteiger partial charge is 0.222 e. The standard InChI is InChI=1S/C23H28BrN3O3/c1-17(28)26-22(18-6-8-21(24)9-7-18)14-23(29)25-15-19-4-2-3-5-20(19)16-27-10-12-30-13-11-27/h2-9,22H,10-16H2,1H3,(H,25,29)(H,26,28). The van der Waals surface area contributed by atoms with Crippen LogP contribution in [0.4, 0.5) is 0 Å². The van der Waals surface area contributed by atoms with Crippen molar-refractivity contribution in [2.75, 3.05) is 26.3 Å². The van der Waals surface area contributed by atoms with Crippen LogP contribution in [0.2, 0.25) is 0 Å². The van der Waals surface area contributed by atoms with Gasteiger partial charge in [0.05, 0.1) is 25.7 Å². The minimum Gasteiger partial charge on any atom is -0.379 e. The van der Waals surface area contributed by atoms with Crippen LogP contribution in [0.25, 0.3) is 0 Å². The normalized spacial score (nSPS) is 15.4.